The van der Waals surface area contributed by atoms with Gasteiger partial charge in [-0.25, -0.2) is 4.31 Å². The fourth-order valence-electron chi connectivity index (χ4n) is 0.754. The third-order valence-electron chi connectivity index (χ3n) is 1.41. The maximum Gasteiger partial charge on any atom is 0.361 e. The van der Waals surface area contributed by atoms with Gasteiger partial charge in [0, 0.05) is 19.3 Å². The van der Waals surface area contributed by atoms with E-state index in [1.807, 2.05) is 0 Å². The molecule has 68 valence electrons. The Hall–Kier alpha value is -1.08. The molecule has 1 heterocycles. The summed E-state index contributed by atoms with van der Waals surface area (Å²) < 4.78 is 30.2. The van der Waals surface area contributed by atoms with Gasteiger partial charge in [-0.1, -0.05) is 0 Å². The first-order valence-electron chi connectivity index (χ1n) is 3.11. The number of amides is 1. The molecule has 12 heavy (non-hydrogen) atoms. The molecule has 1 amide bonds. The Morgan fingerprint density at radius 3 is 2.33 bits per heavy atom. The minimum Gasteiger partial charge on any atom is -0.298 e. The molecule has 0 bridgehead atoms. The molecule has 0 aromatic rings. The van der Waals surface area contributed by atoms with Gasteiger partial charge in [0.15, 0.2) is 0 Å². The van der Waals surface area contributed by atoms with Crippen molar-refractivity contribution in [3.63, 3.8) is 0 Å². The molecular weight excluding hydrogens is 184 g/mol. The van der Waals surface area contributed by atoms with Crippen LogP contribution in [0.5, 0.6) is 0 Å². The first-order valence-corrected chi connectivity index (χ1v) is 4.51. The van der Waals surface area contributed by atoms with E-state index in [0.29, 0.717) is 4.31 Å². The first kappa shape index (κ1) is 9.01. The van der Waals surface area contributed by atoms with Crippen LogP contribution in [0.1, 0.15) is 6.92 Å². The average Bonchev–Trinajstić information content (AvgIpc) is 2.30. The number of carbonyl (C=O) groups excluding carboxylic acids is 1. The smallest absolute Gasteiger partial charge is 0.298 e. The summed E-state index contributed by atoms with van der Waals surface area (Å²) in [6.07, 6.45) is 2.41. The van der Waals surface area contributed by atoms with Gasteiger partial charge >= 0.3 is 10.3 Å². The second-order valence-electron chi connectivity index (χ2n) is 2.29. The quantitative estimate of drug-likeness (QED) is 0.562. The Kier molecular flexibility index (Phi) is 2.07. The topological polar surface area (TPSA) is 77.9 Å². The van der Waals surface area contributed by atoms with E-state index in [9.17, 15) is 13.2 Å². The van der Waals surface area contributed by atoms with Crippen LogP contribution in [0, 0.1) is 0 Å². The zero-order valence-corrected chi connectivity index (χ0v) is 7.15. The van der Waals surface area contributed by atoms with Crippen molar-refractivity contribution >= 4 is 16.2 Å². The molecular formula is C5H8N2O4S. The van der Waals surface area contributed by atoms with Crippen LogP contribution in [-0.4, -0.2) is 34.8 Å². The van der Waals surface area contributed by atoms with Crippen LogP contribution in [0.2, 0.25) is 0 Å². The second kappa shape index (κ2) is 2.76. The van der Waals surface area contributed by atoms with Crippen molar-refractivity contribution in [2.24, 2.45) is 0 Å². The Bertz CT molecular complexity index is 320. The molecule has 1 N–H and O–H groups in total. The van der Waals surface area contributed by atoms with Crippen LogP contribution in [-0.2, 0) is 15.1 Å². The number of nitrogens with zero attached hydrogens (tertiary/aromatic N) is 2. The third kappa shape index (κ3) is 1.74. The molecule has 0 unspecified atom stereocenters. The van der Waals surface area contributed by atoms with Gasteiger partial charge in [-0.2, -0.15) is 8.42 Å². The third-order valence-corrected chi connectivity index (χ3v) is 2.24. The van der Waals surface area contributed by atoms with Crippen LogP contribution in [0.4, 0.5) is 0 Å². The summed E-state index contributed by atoms with van der Waals surface area (Å²) >= 11 is 0. The Morgan fingerprint density at radius 1 is 1.50 bits per heavy atom. The standard InChI is InChI=1S/C5H8N2O4S/c1-5(8)6-2-3-7(4-6)12(9,10)11/h2-3H,4H2,1H3,(H,9,10,11). The van der Waals surface area contributed by atoms with E-state index in [1.165, 1.54) is 13.1 Å². The summed E-state index contributed by atoms with van der Waals surface area (Å²) in [5, 5.41) is 0. The summed E-state index contributed by atoms with van der Waals surface area (Å²) in [4.78, 5) is 11.9. The first-order chi connectivity index (χ1) is 5.41. The Labute approximate surface area is 69.9 Å². The lowest BCUT2D eigenvalue weighted by atomic mass is 10.6. The number of rotatable bonds is 1. The van der Waals surface area contributed by atoms with Crippen LogP contribution in [0.15, 0.2) is 12.4 Å². The van der Waals surface area contributed by atoms with E-state index >= 15 is 0 Å². The maximum absolute atomic E-state index is 10.7. The van der Waals surface area contributed by atoms with Gasteiger partial charge < -0.3 is 0 Å². The minimum absolute atomic E-state index is 0.159. The highest BCUT2D eigenvalue weighted by molar-refractivity contribution is 7.83. The van der Waals surface area contributed by atoms with Crippen LogP contribution < -0.4 is 0 Å². The molecule has 6 nitrogen and oxygen atoms in total. The predicted octanol–water partition coefficient (Wildman–Crippen LogP) is -0.618. The SMILES string of the molecule is CC(=O)N1C=CN(S(=O)(=O)O)C1. The molecule has 0 saturated carbocycles. The van der Waals surface area contributed by atoms with Crippen molar-refractivity contribution in [2.75, 3.05) is 6.67 Å². The largest absolute Gasteiger partial charge is 0.361 e. The molecule has 0 aromatic heterocycles. The molecule has 0 spiro atoms. The molecule has 0 fully saturated rings. The summed E-state index contributed by atoms with van der Waals surface area (Å²) in [7, 11) is -4.22. The normalized spacial score (nSPS) is 17.2. The molecule has 0 radical (unpaired) electrons. The summed E-state index contributed by atoms with van der Waals surface area (Å²) in [6.45, 7) is 1.14. The van der Waals surface area contributed by atoms with Crippen molar-refractivity contribution in [3.8, 4) is 0 Å². The number of hydrogen-bond acceptors (Lipinski definition) is 3. The number of carbonyl (C=O) groups is 1. The Morgan fingerprint density at radius 2 is 2.08 bits per heavy atom. The van der Waals surface area contributed by atoms with Crippen molar-refractivity contribution in [1.82, 2.24) is 9.21 Å². The van der Waals surface area contributed by atoms with Crippen molar-refractivity contribution in [2.45, 2.75) is 6.92 Å². The van der Waals surface area contributed by atoms with Crippen LogP contribution in [0.25, 0.3) is 0 Å². The maximum atomic E-state index is 10.7. The van der Waals surface area contributed by atoms with Gasteiger partial charge in [0.1, 0.15) is 6.67 Å². The highest BCUT2D eigenvalue weighted by Gasteiger charge is 2.23. The number of hydrogen-bond donors (Lipinski definition) is 1. The lowest BCUT2D eigenvalue weighted by Crippen LogP contribution is -2.32. The monoisotopic (exact) mass is 192 g/mol. The minimum atomic E-state index is -4.22. The highest BCUT2D eigenvalue weighted by atomic mass is 32.2. The van der Waals surface area contributed by atoms with E-state index in [4.69, 9.17) is 4.55 Å². The lowest BCUT2D eigenvalue weighted by Gasteiger charge is -2.14. The van der Waals surface area contributed by atoms with Crippen LogP contribution in [0.3, 0.4) is 0 Å². The van der Waals surface area contributed by atoms with Crippen molar-refractivity contribution < 1.29 is 17.8 Å². The molecule has 0 aromatic carbocycles. The molecule has 0 atom stereocenters. The van der Waals surface area contributed by atoms with Gasteiger partial charge in [0.2, 0.25) is 5.91 Å². The summed E-state index contributed by atoms with van der Waals surface area (Å²) in [5.41, 5.74) is 0. The molecule has 0 aliphatic carbocycles. The molecule has 1 rings (SSSR count). The molecule has 1 aliphatic rings. The summed E-state index contributed by atoms with van der Waals surface area (Å²) in [6, 6.07) is 0. The van der Waals surface area contributed by atoms with E-state index < -0.39 is 10.3 Å². The van der Waals surface area contributed by atoms with E-state index in [-0.39, 0.29) is 12.6 Å². The van der Waals surface area contributed by atoms with Gasteiger partial charge in [-0.3, -0.25) is 14.2 Å². The summed E-state index contributed by atoms with van der Waals surface area (Å²) in [5.74, 6) is -0.280. The van der Waals surface area contributed by atoms with Crippen molar-refractivity contribution in [3.05, 3.63) is 12.4 Å². The fraction of sp³-hybridized carbons (Fsp3) is 0.400. The highest BCUT2D eigenvalue weighted by Crippen LogP contribution is 2.09. The van der Waals surface area contributed by atoms with Gasteiger partial charge in [0.05, 0.1) is 0 Å². The zero-order chi connectivity index (χ0) is 9.35. The van der Waals surface area contributed by atoms with E-state index in [1.54, 1.807) is 0 Å². The van der Waals surface area contributed by atoms with Gasteiger partial charge in [-0.05, 0) is 0 Å². The average molecular weight is 192 g/mol. The fourth-order valence-corrected chi connectivity index (χ4v) is 1.23. The van der Waals surface area contributed by atoms with Gasteiger partial charge in [0.25, 0.3) is 0 Å². The van der Waals surface area contributed by atoms with Crippen LogP contribution >= 0.6 is 0 Å². The van der Waals surface area contributed by atoms with E-state index in [0.717, 1.165) is 11.1 Å². The zero-order valence-electron chi connectivity index (χ0n) is 6.34. The van der Waals surface area contributed by atoms with Gasteiger partial charge in [-0.15, -0.1) is 0 Å². The predicted molar refractivity (Wildman–Crippen MR) is 39.9 cm³/mol. The molecule has 1 aliphatic heterocycles. The Balaban J connectivity index is 2.72. The van der Waals surface area contributed by atoms with E-state index in [2.05, 4.69) is 0 Å². The molecule has 7 heteroatoms. The second-order valence-corrected chi connectivity index (χ2v) is 3.66. The van der Waals surface area contributed by atoms with Crippen molar-refractivity contribution in [1.29, 1.82) is 0 Å². The molecule has 0 saturated heterocycles. The lowest BCUT2D eigenvalue weighted by molar-refractivity contribution is -0.126.